The number of carbonyl (C=O) groups is 1. The number of aromatic amines is 1. The van der Waals surface area contributed by atoms with E-state index in [4.69, 9.17) is 12.2 Å². The standard InChI is InChI=1S/C15H20N6O3S/c1-2-20-13(18-19-15(20)25)7-9-17-14(22)8-10-16-11-5-3-4-6-12(11)21(23)24/h3-6,16H,2,7-10H2,1H3,(H,17,22)(H,19,25). The maximum absolute atomic E-state index is 11.9. The van der Waals surface area contributed by atoms with Crippen LogP contribution in [0.15, 0.2) is 24.3 Å². The Morgan fingerprint density at radius 1 is 1.40 bits per heavy atom. The second-order valence-electron chi connectivity index (χ2n) is 5.24. The van der Waals surface area contributed by atoms with Gasteiger partial charge in [0.25, 0.3) is 5.69 Å². The number of benzene rings is 1. The normalized spacial score (nSPS) is 10.4. The molecule has 2 rings (SSSR count). The van der Waals surface area contributed by atoms with E-state index in [0.29, 0.717) is 30.0 Å². The van der Waals surface area contributed by atoms with Gasteiger partial charge in [-0.3, -0.25) is 20.0 Å². The molecule has 0 atom stereocenters. The second kappa shape index (κ2) is 8.92. The monoisotopic (exact) mass is 364 g/mol. The van der Waals surface area contributed by atoms with Crippen molar-refractivity contribution in [3.63, 3.8) is 0 Å². The van der Waals surface area contributed by atoms with Gasteiger partial charge < -0.3 is 15.2 Å². The van der Waals surface area contributed by atoms with E-state index in [-0.39, 0.29) is 18.0 Å². The minimum absolute atomic E-state index is 0.00900. The zero-order valence-corrected chi connectivity index (χ0v) is 14.6. The molecule has 0 aliphatic heterocycles. The van der Waals surface area contributed by atoms with Crippen LogP contribution < -0.4 is 10.6 Å². The highest BCUT2D eigenvalue weighted by molar-refractivity contribution is 7.71. The predicted molar refractivity (Wildman–Crippen MR) is 96.0 cm³/mol. The molecule has 0 spiro atoms. The third-order valence-electron chi connectivity index (χ3n) is 3.59. The molecule has 0 fully saturated rings. The second-order valence-corrected chi connectivity index (χ2v) is 5.63. The molecule has 10 heteroatoms. The van der Waals surface area contributed by atoms with Crippen LogP contribution in [0.3, 0.4) is 0 Å². The van der Waals surface area contributed by atoms with Crippen molar-refractivity contribution in [2.75, 3.05) is 18.4 Å². The van der Waals surface area contributed by atoms with Gasteiger partial charge in [-0.15, -0.1) is 0 Å². The molecule has 134 valence electrons. The van der Waals surface area contributed by atoms with Crippen LogP contribution in [-0.4, -0.2) is 38.7 Å². The van der Waals surface area contributed by atoms with Gasteiger partial charge in [-0.25, -0.2) is 0 Å². The summed E-state index contributed by atoms with van der Waals surface area (Å²) in [5.74, 6) is 0.661. The summed E-state index contributed by atoms with van der Waals surface area (Å²) in [6.45, 7) is 3.45. The van der Waals surface area contributed by atoms with Crippen LogP contribution in [0.5, 0.6) is 0 Å². The molecule has 3 N–H and O–H groups in total. The van der Waals surface area contributed by atoms with E-state index >= 15 is 0 Å². The Kier molecular flexibility index (Phi) is 6.63. The lowest BCUT2D eigenvalue weighted by atomic mass is 10.2. The molecule has 2 aromatic rings. The molecular weight excluding hydrogens is 344 g/mol. The van der Waals surface area contributed by atoms with E-state index in [9.17, 15) is 14.9 Å². The maximum atomic E-state index is 11.9. The predicted octanol–water partition coefficient (Wildman–Crippen LogP) is 2.03. The lowest BCUT2D eigenvalue weighted by Crippen LogP contribution is -2.28. The lowest BCUT2D eigenvalue weighted by Gasteiger charge is -2.08. The smallest absolute Gasteiger partial charge is 0.292 e. The van der Waals surface area contributed by atoms with Crippen LogP contribution in [-0.2, 0) is 17.8 Å². The van der Waals surface area contributed by atoms with Crippen molar-refractivity contribution in [2.45, 2.75) is 26.3 Å². The van der Waals surface area contributed by atoms with Crippen molar-refractivity contribution in [1.29, 1.82) is 0 Å². The van der Waals surface area contributed by atoms with Crippen molar-refractivity contribution < 1.29 is 9.72 Å². The Morgan fingerprint density at radius 3 is 2.88 bits per heavy atom. The quantitative estimate of drug-likeness (QED) is 0.356. The molecule has 0 aliphatic carbocycles. The first-order valence-electron chi connectivity index (χ1n) is 7.91. The number of nitrogens with one attached hydrogen (secondary N) is 3. The van der Waals surface area contributed by atoms with Crippen LogP contribution in [0.25, 0.3) is 0 Å². The molecule has 9 nitrogen and oxygen atoms in total. The summed E-state index contributed by atoms with van der Waals surface area (Å²) in [4.78, 5) is 22.3. The number of rotatable bonds is 9. The lowest BCUT2D eigenvalue weighted by molar-refractivity contribution is -0.384. The van der Waals surface area contributed by atoms with Gasteiger partial charge in [0.2, 0.25) is 5.91 Å². The van der Waals surface area contributed by atoms with E-state index in [2.05, 4.69) is 20.8 Å². The summed E-state index contributed by atoms with van der Waals surface area (Å²) in [5, 5.41) is 23.5. The van der Waals surface area contributed by atoms with Gasteiger partial charge in [0.15, 0.2) is 4.77 Å². The van der Waals surface area contributed by atoms with Gasteiger partial charge in [0, 0.05) is 38.5 Å². The van der Waals surface area contributed by atoms with Gasteiger partial charge in [0.05, 0.1) is 4.92 Å². The Labute approximate surface area is 149 Å². The van der Waals surface area contributed by atoms with Crippen molar-refractivity contribution in [3.8, 4) is 0 Å². The number of amides is 1. The average molecular weight is 364 g/mol. The Balaban J connectivity index is 1.74. The van der Waals surface area contributed by atoms with Gasteiger partial charge in [-0.1, -0.05) is 12.1 Å². The molecule has 0 bridgehead atoms. The topological polar surface area (TPSA) is 118 Å². The first-order valence-corrected chi connectivity index (χ1v) is 8.31. The zero-order valence-electron chi connectivity index (χ0n) is 13.8. The average Bonchev–Trinajstić information content (AvgIpc) is 2.95. The Hall–Kier alpha value is -2.75. The van der Waals surface area contributed by atoms with Crippen molar-refractivity contribution in [1.82, 2.24) is 20.1 Å². The summed E-state index contributed by atoms with van der Waals surface area (Å²) in [6, 6.07) is 6.34. The molecule has 1 aromatic carbocycles. The third-order valence-corrected chi connectivity index (χ3v) is 3.90. The fraction of sp³-hybridized carbons (Fsp3) is 0.400. The summed E-state index contributed by atoms with van der Waals surface area (Å²) in [7, 11) is 0. The number of nitro benzene ring substituents is 1. The van der Waals surface area contributed by atoms with Crippen LogP contribution in [0.1, 0.15) is 19.2 Å². The fourth-order valence-corrected chi connectivity index (χ4v) is 2.64. The van der Waals surface area contributed by atoms with Crippen LogP contribution in [0, 0.1) is 14.9 Å². The molecule has 0 aliphatic rings. The maximum Gasteiger partial charge on any atom is 0.292 e. The zero-order chi connectivity index (χ0) is 18.2. The van der Waals surface area contributed by atoms with E-state index in [0.717, 1.165) is 12.4 Å². The van der Waals surface area contributed by atoms with Crippen LogP contribution in [0.4, 0.5) is 11.4 Å². The highest BCUT2D eigenvalue weighted by Crippen LogP contribution is 2.22. The summed E-state index contributed by atoms with van der Waals surface area (Å²) >= 11 is 5.11. The number of aromatic nitrogens is 3. The number of anilines is 1. The molecule has 0 saturated carbocycles. The fourth-order valence-electron chi connectivity index (χ4n) is 2.36. The number of hydrogen-bond acceptors (Lipinski definition) is 6. The number of H-pyrrole nitrogens is 1. The molecule has 1 aromatic heterocycles. The number of carbonyl (C=O) groups excluding carboxylic acids is 1. The van der Waals surface area contributed by atoms with Crippen molar-refractivity contribution >= 4 is 29.5 Å². The van der Waals surface area contributed by atoms with Crippen molar-refractivity contribution in [3.05, 3.63) is 45.0 Å². The largest absolute Gasteiger partial charge is 0.379 e. The van der Waals surface area contributed by atoms with Gasteiger partial charge in [-0.2, -0.15) is 5.10 Å². The number of para-hydroxylation sites is 2. The van der Waals surface area contributed by atoms with E-state index in [1.807, 2.05) is 11.5 Å². The number of nitro groups is 1. The SMILES string of the molecule is CCn1c(CCNC(=O)CCNc2ccccc2[N+](=O)[O-])n[nH]c1=S. The molecule has 0 radical (unpaired) electrons. The van der Waals surface area contributed by atoms with Gasteiger partial charge in [-0.05, 0) is 25.2 Å². The third kappa shape index (κ3) is 5.11. The van der Waals surface area contributed by atoms with E-state index in [1.54, 1.807) is 18.2 Å². The molecule has 0 unspecified atom stereocenters. The Bertz CT molecular complexity index is 801. The first-order chi connectivity index (χ1) is 12.0. The minimum atomic E-state index is -0.456. The van der Waals surface area contributed by atoms with Crippen LogP contribution in [0.2, 0.25) is 0 Å². The highest BCUT2D eigenvalue weighted by Gasteiger charge is 2.12. The van der Waals surface area contributed by atoms with Gasteiger partial charge >= 0.3 is 0 Å². The van der Waals surface area contributed by atoms with Crippen LogP contribution >= 0.6 is 12.2 Å². The summed E-state index contributed by atoms with van der Waals surface area (Å²) < 4.78 is 2.44. The first kappa shape index (κ1) is 18.6. The molecular formula is C15H20N6O3S. The van der Waals surface area contributed by atoms with E-state index < -0.39 is 4.92 Å². The summed E-state index contributed by atoms with van der Waals surface area (Å²) in [5.41, 5.74) is 0.393. The minimum Gasteiger partial charge on any atom is -0.379 e. The summed E-state index contributed by atoms with van der Waals surface area (Å²) in [6.07, 6.45) is 0.789. The van der Waals surface area contributed by atoms with Gasteiger partial charge in [0.1, 0.15) is 11.5 Å². The molecule has 25 heavy (non-hydrogen) atoms. The van der Waals surface area contributed by atoms with E-state index in [1.165, 1.54) is 6.07 Å². The van der Waals surface area contributed by atoms with Crippen molar-refractivity contribution in [2.24, 2.45) is 0 Å². The number of nitrogens with zero attached hydrogens (tertiary/aromatic N) is 3. The molecule has 1 heterocycles. The number of hydrogen-bond donors (Lipinski definition) is 3. The molecule has 0 saturated heterocycles. The Morgan fingerprint density at radius 2 is 2.16 bits per heavy atom. The molecule has 1 amide bonds. The highest BCUT2D eigenvalue weighted by atomic mass is 32.1.